The lowest BCUT2D eigenvalue weighted by Gasteiger charge is -2.31. The molecule has 0 aliphatic carbocycles. The number of aromatic nitrogens is 2. The van der Waals surface area contributed by atoms with Gasteiger partial charge >= 0.3 is 0 Å². The molecular weight excluding hydrogens is 384 g/mol. The highest BCUT2D eigenvalue weighted by atomic mass is 16.5. The Morgan fingerprint density at radius 2 is 2.00 bits per heavy atom. The smallest absolute Gasteiger partial charge is 0.274 e. The molecule has 1 N–H and O–H groups in total. The van der Waals surface area contributed by atoms with Gasteiger partial charge in [-0.1, -0.05) is 30.3 Å². The number of carbonyl (C=O) groups excluding carboxylic acids is 2. The molecule has 1 unspecified atom stereocenters. The minimum absolute atomic E-state index is 0.0387. The fourth-order valence-electron chi connectivity index (χ4n) is 4.09. The average molecular weight is 412 g/mol. The lowest BCUT2D eigenvalue weighted by molar-refractivity contribution is -0.126. The van der Waals surface area contributed by atoms with Gasteiger partial charge in [-0.3, -0.25) is 9.59 Å². The van der Waals surface area contributed by atoms with E-state index >= 15 is 0 Å². The maximum absolute atomic E-state index is 13.0. The number of likely N-dealkylation sites (tertiary alicyclic amines) is 1. The summed E-state index contributed by atoms with van der Waals surface area (Å²) < 4.78 is 13.0. The van der Waals surface area contributed by atoms with Gasteiger partial charge in [-0.05, 0) is 18.4 Å². The largest absolute Gasteiger partial charge is 0.383 e. The number of piperidine rings is 1. The minimum Gasteiger partial charge on any atom is -0.383 e. The van der Waals surface area contributed by atoms with Crippen molar-refractivity contribution in [2.45, 2.75) is 32.1 Å². The first-order valence-corrected chi connectivity index (χ1v) is 10.4. The quantitative estimate of drug-likeness (QED) is 0.731. The second-order valence-corrected chi connectivity index (χ2v) is 7.75. The molecule has 4 rings (SSSR count). The van der Waals surface area contributed by atoms with Gasteiger partial charge in [0.05, 0.1) is 31.8 Å². The van der Waals surface area contributed by atoms with E-state index < -0.39 is 0 Å². The fraction of sp³-hybridized carbons (Fsp3) is 0.500. The van der Waals surface area contributed by atoms with E-state index in [4.69, 9.17) is 9.47 Å². The Balaban J connectivity index is 1.35. The summed E-state index contributed by atoms with van der Waals surface area (Å²) in [6, 6.07) is 10.1. The van der Waals surface area contributed by atoms with Crippen molar-refractivity contribution in [1.82, 2.24) is 19.8 Å². The van der Waals surface area contributed by atoms with E-state index in [1.165, 1.54) is 0 Å². The average Bonchev–Trinajstić information content (AvgIpc) is 3.22. The summed E-state index contributed by atoms with van der Waals surface area (Å²) in [4.78, 5) is 31.5. The van der Waals surface area contributed by atoms with E-state index in [1.54, 1.807) is 18.3 Å². The van der Waals surface area contributed by atoms with Crippen molar-refractivity contribution >= 4 is 11.8 Å². The molecule has 2 aliphatic rings. The zero-order valence-electron chi connectivity index (χ0n) is 17.3. The van der Waals surface area contributed by atoms with Crippen molar-refractivity contribution in [3.8, 4) is 0 Å². The first-order valence-electron chi connectivity index (χ1n) is 10.4. The molecule has 2 amide bonds. The van der Waals surface area contributed by atoms with Crippen LogP contribution in [0.2, 0.25) is 0 Å². The van der Waals surface area contributed by atoms with E-state index in [0.717, 1.165) is 11.3 Å². The van der Waals surface area contributed by atoms with Gasteiger partial charge in [0, 0.05) is 32.7 Å². The maximum atomic E-state index is 13.0. The van der Waals surface area contributed by atoms with Crippen LogP contribution in [0.15, 0.2) is 36.7 Å². The van der Waals surface area contributed by atoms with Gasteiger partial charge in [0.2, 0.25) is 5.91 Å². The number of hydrogen-bond donors (Lipinski definition) is 1. The third-order valence-corrected chi connectivity index (χ3v) is 5.86. The zero-order chi connectivity index (χ0) is 20.9. The predicted molar refractivity (Wildman–Crippen MR) is 110 cm³/mol. The summed E-state index contributed by atoms with van der Waals surface area (Å²) in [7, 11) is 1.61. The molecule has 0 radical (unpaired) electrons. The van der Waals surface area contributed by atoms with Crippen molar-refractivity contribution in [1.29, 1.82) is 0 Å². The minimum atomic E-state index is -0.0799. The molecule has 1 saturated heterocycles. The summed E-state index contributed by atoms with van der Waals surface area (Å²) in [5.41, 5.74) is 2.41. The summed E-state index contributed by atoms with van der Waals surface area (Å²) in [5.74, 6) is -0.0978. The van der Waals surface area contributed by atoms with E-state index in [0.29, 0.717) is 57.9 Å². The Kier molecular flexibility index (Phi) is 6.44. The first kappa shape index (κ1) is 20.6. The Bertz CT molecular complexity index is 875. The van der Waals surface area contributed by atoms with Crippen LogP contribution < -0.4 is 5.32 Å². The monoisotopic (exact) mass is 412 g/mol. The Hall–Kier alpha value is -2.71. The van der Waals surface area contributed by atoms with Crippen LogP contribution >= 0.6 is 0 Å². The Morgan fingerprint density at radius 3 is 2.73 bits per heavy atom. The van der Waals surface area contributed by atoms with Crippen LogP contribution in [0.5, 0.6) is 0 Å². The molecule has 0 saturated carbocycles. The molecule has 1 aromatic carbocycles. The van der Waals surface area contributed by atoms with Crippen molar-refractivity contribution in [2.75, 3.05) is 33.4 Å². The van der Waals surface area contributed by atoms with Gasteiger partial charge in [0.25, 0.3) is 5.91 Å². The highest BCUT2D eigenvalue weighted by molar-refractivity contribution is 5.93. The molecule has 2 aliphatic heterocycles. The standard InChI is InChI=1S/C22H28N4O4/c1-29-12-9-23-21(27)17-7-10-25(11-8-17)22(28)20-18-14-30-19(13-26(18)15-24-20)16-5-3-2-4-6-16/h2-6,15,17,19H,7-14H2,1H3,(H,23,27). The third-order valence-electron chi connectivity index (χ3n) is 5.86. The number of methoxy groups -OCH3 is 1. The van der Waals surface area contributed by atoms with E-state index in [1.807, 2.05) is 34.9 Å². The molecule has 0 spiro atoms. The predicted octanol–water partition coefficient (Wildman–Crippen LogP) is 1.77. The number of ether oxygens (including phenoxy) is 2. The summed E-state index contributed by atoms with van der Waals surface area (Å²) >= 11 is 0. The van der Waals surface area contributed by atoms with Crippen LogP contribution in [0.25, 0.3) is 0 Å². The normalized spacial score (nSPS) is 19.4. The van der Waals surface area contributed by atoms with Gasteiger partial charge < -0.3 is 24.3 Å². The van der Waals surface area contributed by atoms with Crippen LogP contribution in [-0.4, -0.2) is 59.6 Å². The zero-order valence-corrected chi connectivity index (χ0v) is 17.3. The lowest BCUT2D eigenvalue weighted by atomic mass is 9.95. The van der Waals surface area contributed by atoms with Gasteiger partial charge in [-0.2, -0.15) is 0 Å². The molecule has 8 nitrogen and oxygen atoms in total. The van der Waals surface area contributed by atoms with Crippen LogP contribution in [0.4, 0.5) is 0 Å². The second kappa shape index (κ2) is 9.40. The van der Waals surface area contributed by atoms with Crippen molar-refractivity contribution < 1.29 is 19.1 Å². The molecular formula is C22H28N4O4. The number of benzene rings is 1. The Labute approximate surface area is 176 Å². The SMILES string of the molecule is COCCNC(=O)C1CCN(C(=O)c2ncn3c2COC(c2ccccc2)C3)CC1. The first-order chi connectivity index (χ1) is 14.7. The number of hydrogen-bond acceptors (Lipinski definition) is 5. The number of imidazole rings is 1. The number of amides is 2. The summed E-state index contributed by atoms with van der Waals surface area (Å²) in [6.07, 6.45) is 3.01. The molecule has 30 heavy (non-hydrogen) atoms. The maximum Gasteiger partial charge on any atom is 0.274 e. The fourth-order valence-corrected chi connectivity index (χ4v) is 4.09. The topological polar surface area (TPSA) is 85.7 Å². The van der Waals surface area contributed by atoms with Gasteiger partial charge in [0.1, 0.15) is 6.10 Å². The van der Waals surface area contributed by atoms with Gasteiger partial charge in [0.15, 0.2) is 5.69 Å². The molecule has 8 heteroatoms. The van der Waals surface area contributed by atoms with Crippen LogP contribution in [0.3, 0.4) is 0 Å². The molecule has 1 fully saturated rings. The van der Waals surface area contributed by atoms with Gasteiger partial charge in [-0.15, -0.1) is 0 Å². The third kappa shape index (κ3) is 4.39. The van der Waals surface area contributed by atoms with Crippen molar-refractivity contribution in [3.05, 3.63) is 53.6 Å². The molecule has 1 atom stereocenters. The van der Waals surface area contributed by atoms with Gasteiger partial charge in [-0.25, -0.2) is 4.98 Å². The number of carbonyl (C=O) groups is 2. The number of fused-ring (bicyclic) bond motifs is 1. The highest BCUT2D eigenvalue weighted by Crippen LogP contribution is 2.28. The van der Waals surface area contributed by atoms with Crippen molar-refractivity contribution in [2.24, 2.45) is 5.92 Å². The van der Waals surface area contributed by atoms with Crippen LogP contribution in [-0.2, 0) is 27.4 Å². The number of nitrogens with zero attached hydrogens (tertiary/aromatic N) is 3. The molecule has 2 aromatic rings. The van der Waals surface area contributed by atoms with E-state index in [9.17, 15) is 9.59 Å². The summed E-state index contributed by atoms with van der Waals surface area (Å²) in [5, 5.41) is 2.88. The summed E-state index contributed by atoms with van der Waals surface area (Å²) in [6.45, 7) is 3.13. The van der Waals surface area contributed by atoms with Crippen molar-refractivity contribution in [3.63, 3.8) is 0 Å². The highest BCUT2D eigenvalue weighted by Gasteiger charge is 2.32. The molecule has 3 heterocycles. The van der Waals surface area contributed by atoms with E-state index in [-0.39, 0.29) is 23.8 Å². The lowest BCUT2D eigenvalue weighted by Crippen LogP contribution is -2.44. The molecule has 1 aromatic heterocycles. The molecule has 160 valence electrons. The second-order valence-electron chi connectivity index (χ2n) is 7.75. The number of nitrogens with one attached hydrogen (secondary N) is 1. The van der Waals surface area contributed by atoms with Crippen LogP contribution in [0.1, 0.15) is 40.7 Å². The Morgan fingerprint density at radius 1 is 1.23 bits per heavy atom. The van der Waals surface area contributed by atoms with Crippen LogP contribution in [0, 0.1) is 5.92 Å². The number of rotatable bonds is 6. The molecule has 0 bridgehead atoms. The van der Waals surface area contributed by atoms with E-state index in [2.05, 4.69) is 10.3 Å².